The third-order valence-electron chi connectivity index (χ3n) is 7.52. The van der Waals surface area contributed by atoms with Gasteiger partial charge in [-0.15, -0.1) is 0 Å². The van der Waals surface area contributed by atoms with Crippen LogP contribution in [0.25, 0.3) is 39.2 Å². The van der Waals surface area contributed by atoms with E-state index in [1.807, 2.05) is 53.1 Å². The topological polar surface area (TPSA) is 82.7 Å². The highest BCUT2D eigenvalue weighted by molar-refractivity contribution is 5.95. The molecule has 6 rings (SSSR count). The molecule has 0 amide bonds. The van der Waals surface area contributed by atoms with Gasteiger partial charge in [0.25, 0.3) is 0 Å². The van der Waals surface area contributed by atoms with Crippen molar-refractivity contribution in [2.45, 2.75) is 6.92 Å². The minimum absolute atomic E-state index is 0.0332. The van der Waals surface area contributed by atoms with Crippen molar-refractivity contribution >= 4 is 17.1 Å². The molecule has 204 valence electrons. The van der Waals surface area contributed by atoms with Crippen LogP contribution in [0.3, 0.4) is 0 Å². The van der Waals surface area contributed by atoms with Gasteiger partial charge in [-0.3, -0.25) is 9.69 Å². The van der Waals surface area contributed by atoms with Crippen LogP contribution in [0.2, 0.25) is 0 Å². The number of imidazole rings is 1. The molecule has 7 heteroatoms. The molecule has 41 heavy (non-hydrogen) atoms. The Balaban J connectivity index is 1.32. The second-order valence-corrected chi connectivity index (χ2v) is 10.3. The van der Waals surface area contributed by atoms with E-state index in [0.29, 0.717) is 11.1 Å². The van der Waals surface area contributed by atoms with Crippen LogP contribution < -0.4 is 5.32 Å². The van der Waals surface area contributed by atoms with E-state index in [0.717, 1.165) is 84.2 Å². The van der Waals surface area contributed by atoms with E-state index in [-0.39, 0.29) is 5.78 Å². The molecule has 3 aromatic carbocycles. The number of Topliss-reactive ketones (excluding diaryl/α,β-unsaturated/α-hetero) is 1. The highest BCUT2D eigenvalue weighted by atomic mass is 16.5. The summed E-state index contributed by atoms with van der Waals surface area (Å²) in [5, 5.41) is 13.0. The molecule has 3 heterocycles. The average molecular weight is 542 g/mol. The predicted octanol–water partition coefficient (Wildman–Crippen LogP) is 6.15. The summed E-state index contributed by atoms with van der Waals surface area (Å²) in [7, 11) is 0. The molecule has 0 radical (unpaired) electrons. The number of rotatable bonds is 8. The highest BCUT2D eigenvalue weighted by Gasteiger charge is 2.14. The van der Waals surface area contributed by atoms with Crippen molar-refractivity contribution in [3.05, 3.63) is 102 Å². The molecular formula is C34H31N5O2. The average Bonchev–Trinajstić information content (AvgIpc) is 3.46. The number of carbonyl (C=O) groups is 1. The number of nitrogens with one attached hydrogen (secondary N) is 1. The fourth-order valence-corrected chi connectivity index (χ4v) is 5.20. The van der Waals surface area contributed by atoms with E-state index in [4.69, 9.17) is 9.72 Å². The number of fused-ring (bicyclic) bond motifs is 1. The molecule has 1 aliphatic rings. The smallest absolute Gasteiger partial charge is 0.159 e. The van der Waals surface area contributed by atoms with Crippen LogP contribution in [0.4, 0.5) is 5.69 Å². The van der Waals surface area contributed by atoms with Gasteiger partial charge in [-0.2, -0.15) is 5.26 Å². The molecule has 1 fully saturated rings. The number of benzene rings is 3. The Hall–Kier alpha value is -4.77. The summed E-state index contributed by atoms with van der Waals surface area (Å²) in [6.07, 6.45) is 4.10. The summed E-state index contributed by atoms with van der Waals surface area (Å²) in [6, 6.07) is 28.0. The van der Waals surface area contributed by atoms with E-state index < -0.39 is 0 Å². The van der Waals surface area contributed by atoms with Crippen molar-refractivity contribution in [1.82, 2.24) is 14.3 Å². The maximum Gasteiger partial charge on any atom is 0.159 e. The molecule has 0 aliphatic carbocycles. The van der Waals surface area contributed by atoms with Crippen molar-refractivity contribution in [3.8, 4) is 39.6 Å². The van der Waals surface area contributed by atoms with Gasteiger partial charge < -0.3 is 14.5 Å². The highest BCUT2D eigenvalue weighted by Crippen LogP contribution is 2.33. The SMILES string of the molecule is CC(=O)c1ccc(-c2cc(-c3cccc(C#N)c3)cn3cc(-c4ccc(NCCN5CCOCC5)cc4)nc23)cc1. The number of carbonyl (C=O) groups excluding carboxylic acids is 1. The van der Waals surface area contributed by atoms with Gasteiger partial charge in [-0.25, -0.2) is 4.98 Å². The molecule has 1 N–H and O–H groups in total. The van der Waals surface area contributed by atoms with Crippen LogP contribution in [0.5, 0.6) is 0 Å². The van der Waals surface area contributed by atoms with Crippen molar-refractivity contribution < 1.29 is 9.53 Å². The monoisotopic (exact) mass is 541 g/mol. The summed E-state index contributed by atoms with van der Waals surface area (Å²) < 4.78 is 7.48. The molecule has 5 aromatic rings. The fourth-order valence-electron chi connectivity index (χ4n) is 5.20. The third-order valence-corrected chi connectivity index (χ3v) is 7.52. The van der Waals surface area contributed by atoms with Gasteiger partial charge in [0.2, 0.25) is 0 Å². The first kappa shape index (κ1) is 26.5. The second-order valence-electron chi connectivity index (χ2n) is 10.3. The molecule has 0 unspecified atom stereocenters. The van der Waals surface area contributed by atoms with Crippen molar-refractivity contribution in [2.75, 3.05) is 44.7 Å². The number of hydrogen-bond acceptors (Lipinski definition) is 6. The minimum atomic E-state index is 0.0332. The molecule has 1 aliphatic heterocycles. The third kappa shape index (κ3) is 5.90. The van der Waals surface area contributed by atoms with Crippen LogP contribution in [0.1, 0.15) is 22.8 Å². The maximum absolute atomic E-state index is 11.9. The van der Waals surface area contributed by atoms with E-state index in [1.54, 1.807) is 13.0 Å². The van der Waals surface area contributed by atoms with Crippen molar-refractivity contribution in [3.63, 3.8) is 0 Å². The quantitative estimate of drug-likeness (QED) is 0.237. The van der Waals surface area contributed by atoms with Gasteiger partial charge >= 0.3 is 0 Å². The number of nitriles is 1. The van der Waals surface area contributed by atoms with Gasteiger partial charge in [0.1, 0.15) is 5.65 Å². The zero-order chi connectivity index (χ0) is 28.2. The normalized spacial score (nSPS) is 13.7. The number of ether oxygens (including phenoxy) is 1. The number of nitrogens with zero attached hydrogens (tertiary/aromatic N) is 4. The Morgan fingerprint density at radius 2 is 1.68 bits per heavy atom. The molecule has 7 nitrogen and oxygen atoms in total. The Morgan fingerprint density at radius 3 is 2.41 bits per heavy atom. The van der Waals surface area contributed by atoms with Gasteiger partial charge in [-0.1, -0.05) is 48.5 Å². The second kappa shape index (κ2) is 11.8. The first-order chi connectivity index (χ1) is 20.1. The summed E-state index contributed by atoms with van der Waals surface area (Å²) in [4.78, 5) is 19.3. The Labute approximate surface area is 239 Å². The summed E-state index contributed by atoms with van der Waals surface area (Å²) >= 11 is 0. The van der Waals surface area contributed by atoms with Crippen LogP contribution in [0.15, 0.2) is 91.3 Å². The fraction of sp³-hybridized carbons (Fsp3) is 0.206. The van der Waals surface area contributed by atoms with Crippen LogP contribution in [0, 0.1) is 11.3 Å². The molecule has 2 aromatic heterocycles. The lowest BCUT2D eigenvalue weighted by Gasteiger charge is -2.26. The van der Waals surface area contributed by atoms with Gasteiger partial charge in [0.05, 0.1) is 30.5 Å². The zero-order valence-corrected chi connectivity index (χ0v) is 23.0. The van der Waals surface area contributed by atoms with E-state index in [1.165, 1.54) is 0 Å². The van der Waals surface area contributed by atoms with E-state index in [2.05, 4.69) is 52.8 Å². The number of ketones is 1. The molecule has 0 saturated carbocycles. The zero-order valence-electron chi connectivity index (χ0n) is 23.0. The van der Waals surface area contributed by atoms with Crippen molar-refractivity contribution in [2.24, 2.45) is 0 Å². The molecular weight excluding hydrogens is 510 g/mol. The standard InChI is InChI=1S/C34H31N5O2/c1-24(40)26-5-7-27(8-6-26)32-20-30(29-4-2-3-25(19-29)21-35)22-39-23-33(37-34(32)39)28-9-11-31(12-10-28)36-13-14-38-15-17-41-18-16-38/h2-12,19-20,22-23,36H,13-18H2,1H3. The molecule has 0 spiro atoms. The predicted molar refractivity (Wildman–Crippen MR) is 162 cm³/mol. The molecule has 0 atom stereocenters. The maximum atomic E-state index is 11.9. The van der Waals surface area contributed by atoms with E-state index >= 15 is 0 Å². The Bertz CT molecular complexity index is 1730. The van der Waals surface area contributed by atoms with Crippen LogP contribution in [-0.4, -0.2) is 59.5 Å². The summed E-state index contributed by atoms with van der Waals surface area (Å²) in [6.45, 7) is 7.05. The van der Waals surface area contributed by atoms with Gasteiger partial charge in [-0.05, 0) is 53.9 Å². The largest absolute Gasteiger partial charge is 0.384 e. The Morgan fingerprint density at radius 1 is 0.927 bits per heavy atom. The van der Waals surface area contributed by atoms with Crippen LogP contribution >= 0.6 is 0 Å². The van der Waals surface area contributed by atoms with Gasteiger partial charge in [0, 0.05) is 61.0 Å². The number of morpholine rings is 1. The molecule has 0 bridgehead atoms. The first-order valence-corrected chi connectivity index (χ1v) is 13.9. The van der Waals surface area contributed by atoms with Crippen molar-refractivity contribution in [1.29, 1.82) is 5.26 Å². The first-order valence-electron chi connectivity index (χ1n) is 13.9. The number of pyridine rings is 1. The van der Waals surface area contributed by atoms with E-state index in [9.17, 15) is 10.1 Å². The lowest BCUT2D eigenvalue weighted by atomic mass is 9.99. The number of aromatic nitrogens is 2. The van der Waals surface area contributed by atoms with Gasteiger partial charge in [0.15, 0.2) is 5.78 Å². The lowest BCUT2D eigenvalue weighted by molar-refractivity contribution is 0.0398. The number of anilines is 1. The lowest BCUT2D eigenvalue weighted by Crippen LogP contribution is -2.38. The number of hydrogen-bond donors (Lipinski definition) is 1. The Kier molecular flexibility index (Phi) is 7.59. The minimum Gasteiger partial charge on any atom is -0.384 e. The van der Waals surface area contributed by atoms with Crippen LogP contribution in [-0.2, 0) is 4.74 Å². The summed E-state index contributed by atoms with van der Waals surface area (Å²) in [5.41, 5.74) is 8.93. The molecule has 1 saturated heterocycles. The summed E-state index contributed by atoms with van der Waals surface area (Å²) in [5.74, 6) is 0.0332.